The number of amides is 2. The Bertz CT molecular complexity index is 852. The van der Waals surface area contributed by atoms with Crippen molar-refractivity contribution < 1.29 is 22.8 Å². The summed E-state index contributed by atoms with van der Waals surface area (Å²) < 4.78 is 38.6. The van der Waals surface area contributed by atoms with E-state index in [1.807, 2.05) is 18.2 Å². The van der Waals surface area contributed by atoms with E-state index in [0.29, 0.717) is 45.7 Å². The summed E-state index contributed by atoms with van der Waals surface area (Å²) in [5, 5.41) is 0. The Hall–Kier alpha value is -1.65. The molecule has 2 amide bonds. The van der Waals surface area contributed by atoms with Crippen molar-refractivity contribution >= 4 is 33.4 Å². The van der Waals surface area contributed by atoms with Crippen molar-refractivity contribution in [2.24, 2.45) is 0 Å². The van der Waals surface area contributed by atoms with Gasteiger partial charge in [0, 0.05) is 62.4 Å². The van der Waals surface area contributed by atoms with Gasteiger partial charge in [-0.1, -0.05) is 15.9 Å². The molecule has 0 aliphatic carbocycles. The summed E-state index contributed by atoms with van der Waals surface area (Å²) in [6.45, 7) is 3.67. The van der Waals surface area contributed by atoms with E-state index in [1.165, 1.54) is 11.8 Å². The van der Waals surface area contributed by atoms with E-state index in [9.17, 15) is 22.8 Å². The standard InChI is InChI=1S/C21H26BrF3N4O2/c1-14(30)29-18-5-3-16(22)10-15(18)2-4-19(29)20(31)28-11-17(12-28)27-8-6-26(7-9-27)13-21(23,24)25/h3,5,10,17,19H,2,4,6-9,11-13H2,1H3. The van der Waals surface area contributed by atoms with Crippen LogP contribution in [0.25, 0.3) is 0 Å². The minimum absolute atomic E-state index is 0.0456. The Morgan fingerprint density at radius 1 is 1.13 bits per heavy atom. The maximum Gasteiger partial charge on any atom is 0.401 e. The first-order valence-corrected chi connectivity index (χ1v) is 11.3. The summed E-state index contributed by atoms with van der Waals surface area (Å²) in [6.07, 6.45) is -2.86. The lowest BCUT2D eigenvalue weighted by Gasteiger charge is -2.50. The van der Waals surface area contributed by atoms with Crippen molar-refractivity contribution in [3.8, 4) is 0 Å². The summed E-state index contributed by atoms with van der Waals surface area (Å²) in [5.74, 6) is -0.199. The molecule has 0 spiro atoms. The molecule has 0 bridgehead atoms. The fraction of sp³-hybridized carbons (Fsp3) is 0.619. The number of carbonyl (C=O) groups excluding carboxylic acids is 2. The smallest absolute Gasteiger partial charge is 0.338 e. The average Bonchev–Trinajstić information content (AvgIpc) is 2.65. The fourth-order valence-corrected chi connectivity index (χ4v) is 5.23. The molecule has 3 heterocycles. The molecule has 0 saturated carbocycles. The number of nitrogens with zero attached hydrogens (tertiary/aromatic N) is 4. The minimum atomic E-state index is -4.17. The Labute approximate surface area is 188 Å². The van der Waals surface area contributed by atoms with E-state index in [0.717, 1.165) is 22.1 Å². The normalized spacial score (nSPS) is 23.5. The van der Waals surface area contributed by atoms with Gasteiger partial charge in [-0.15, -0.1) is 0 Å². The van der Waals surface area contributed by atoms with Crippen LogP contribution >= 0.6 is 15.9 Å². The Balaban J connectivity index is 1.33. The van der Waals surface area contributed by atoms with Crippen molar-refractivity contribution in [2.45, 2.75) is 38.0 Å². The van der Waals surface area contributed by atoms with Crippen LogP contribution in [0.15, 0.2) is 22.7 Å². The second kappa shape index (κ2) is 8.71. The van der Waals surface area contributed by atoms with Crippen LogP contribution in [0.3, 0.4) is 0 Å². The first-order chi connectivity index (χ1) is 14.6. The first kappa shape index (κ1) is 22.5. The second-order valence-electron chi connectivity index (χ2n) is 8.54. The molecule has 1 unspecified atom stereocenters. The Kier molecular flexibility index (Phi) is 6.33. The number of halogens is 4. The summed E-state index contributed by atoms with van der Waals surface area (Å²) in [5.41, 5.74) is 1.84. The number of rotatable bonds is 3. The molecule has 2 fully saturated rings. The lowest BCUT2D eigenvalue weighted by Crippen LogP contribution is -2.67. The molecule has 1 atom stereocenters. The van der Waals surface area contributed by atoms with Crippen LogP contribution in [0.5, 0.6) is 0 Å². The number of alkyl halides is 3. The van der Waals surface area contributed by atoms with E-state index in [1.54, 1.807) is 9.80 Å². The van der Waals surface area contributed by atoms with Crippen molar-refractivity contribution in [2.75, 3.05) is 50.7 Å². The monoisotopic (exact) mass is 502 g/mol. The molecule has 3 aliphatic rings. The first-order valence-electron chi connectivity index (χ1n) is 10.5. The molecule has 3 aliphatic heterocycles. The van der Waals surface area contributed by atoms with Crippen LogP contribution in [-0.4, -0.2) is 90.6 Å². The van der Waals surface area contributed by atoms with Gasteiger partial charge in [0.05, 0.1) is 6.54 Å². The number of benzene rings is 1. The van der Waals surface area contributed by atoms with Crippen molar-refractivity contribution in [3.63, 3.8) is 0 Å². The van der Waals surface area contributed by atoms with Crippen LogP contribution < -0.4 is 4.90 Å². The lowest BCUT2D eigenvalue weighted by molar-refractivity contribution is -0.153. The lowest BCUT2D eigenvalue weighted by atomic mass is 9.93. The van der Waals surface area contributed by atoms with Crippen molar-refractivity contribution in [1.82, 2.24) is 14.7 Å². The summed E-state index contributed by atoms with van der Waals surface area (Å²) in [7, 11) is 0. The number of carbonyl (C=O) groups is 2. The number of hydrogen-bond acceptors (Lipinski definition) is 4. The molecule has 31 heavy (non-hydrogen) atoms. The molecule has 0 aromatic heterocycles. The number of fused-ring (bicyclic) bond motifs is 1. The molecule has 170 valence electrons. The van der Waals surface area contributed by atoms with Gasteiger partial charge >= 0.3 is 6.18 Å². The molecule has 1 aromatic rings. The SMILES string of the molecule is CC(=O)N1c2ccc(Br)cc2CCC1C(=O)N1CC(N2CCN(CC(F)(F)F)CC2)C1. The average molecular weight is 503 g/mol. The highest BCUT2D eigenvalue weighted by atomic mass is 79.9. The predicted molar refractivity (Wildman–Crippen MR) is 114 cm³/mol. The van der Waals surface area contributed by atoms with Crippen LogP contribution in [-0.2, 0) is 16.0 Å². The van der Waals surface area contributed by atoms with Gasteiger partial charge in [0.1, 0.15) is 6.04 Å². The zero-order valence-electron chi connectivity index (χ0n) is 17.4. The van der Waals surface area contributed by atoms with Crippen LogP contribution in [0.4, 0.5) is 18.9 Å². The number of aryl methyl sites for hydroxylation is 1. The molecule has 6 nitrogen and oxygen atoms in total. The van der Waals surface area contributed by atoms with Gasteiger partial charge in [0.25, 0.3) is 0 Å². The van der Waals surface area contributed by atoms with Gasteiger partial charge in [0.2, 0.25) is 11.8 Å². The highest BCUT2D eigenvalue weighted by molar-refractivity contribution is 9.10. The van der Waals surface area contributed by atoms with Gasteiger partial charge < -0.3 is 4.90 Å². The van der Waals surface area contributed by atoms with Gasteiger partial charge in [0.15, 0.2) is 0 Å². The summed E-state index contributed by atoms with van der Waals surface area (Å²) in [4.78, 5) is 32.6. The zero-order valence-corrected chi connectivity index (χ0v) is 19.0. The van der Waals surface area contributed by atoms with E-state index >= 15 is 0 Å². The van der Waals surface area contributed by atoms with Crippen LogP contribution in [0.1, 0.15) is 18.9 Å². The van der Waals surface area contributed by atoms with Crippen molar-refractivity contribution in [1.29, 1.82) is 0 Å². The molecular formula is C21H26BrF3N4O2. The molecule has 1 aromatic carbocycles. The quantitative estimate of drug-likeness (QED) is 0.637. The van der Waals surface area contributed by atoms with E-state index < -0.39 is 18.8 Å². The topological polar surface area (TPSA) is 47.1 Å². The molecule has 0 N–H and O–H groups in total. The number of anilines is 1. The Morgan fingerprint density at radius 3 is 2.42 bits per heavy atom. The highest BCUT2D eigenvalue weighted by Gasteiger charge is 2.43. The van der Waals surface area contributed by atoms with Gasteiger partial charge in [-0.05, 0) is 36.6 Å². The third-order valence-electron chi connectivity index (χ3n) is 6.42. The predicted octanol–water partition coefficient (Wildman–Crippen LogP) is 2.51. The van der Waals surface area contributed by atoms with Crippen molar-refractivity contribution in [3.05, 3.63) is 28.2 Å². The van der Waals surface area contributed by atoms with Gasteiger partial charge in [-0.25, -0.2) is 0 Å². The third kappa shape index (κ3) is 4.90. The summed E-state index contributed by atoms with van der Waals surface area (Å²) >= 11 is 3.46. The van der Waals surface area contributed by atoms with E-state index in [4.69, 9.17) is 0 Å². The van der Waals surface area contributed by atoms with Gasteiger partial charge in [-0.3, -0.25) is 24.3 Å². The van der Waals surface area contributed by atoms with Crippen LogP contribution in [0.2, 0.25) is 0 Å². The van der Waals surface area contributed by atoms with Gasteiger partial charge in [-0.2, -0.15) is 13.2 Å². The fourth-order valence-electron chi connectivity index (χ4n) is 4.82. The Morgan fingerprint density at radius 2 is 1.81 bits per heavy atom. The maximum absolute atomic E-state index is 13.2. The summed E-state index contributed by atoms with van der Waals surface area (Å²) in [6, 6.07) is 5.41. The van der Waals surface area contributed by atoms with E-state index in [2.05, 4.69) is 20.8 Å². The molecule has 0 radical (unpaired) electrons. The number of piperazine rings is 1. The van der Waals surface area contributed by atoms with Crippen LogP contribution in [0, 0.1) is 0 Å². The number of likely N-dealkylation sites (tertiary alicyclic amines) is 1. The van der Waals surface area contributed by atoms with E-state index in [-0.39, 0.29) is 17.9 Å². The third-order valence-corrected chi connectivity index (χ3v) is 6.92. The molecule has 2 saturated heterocycles. The largest absolute Gasteiger partial charge is 0.401 e. The maximum atomic E-state index is 13.2. The zero-order chi connectivity index (χ0) is 22.3. The second-order valence-corrected chi connectivity index (χ2v) is 9.46. The molecule has 4 rings (SSSR count). The minimum Gasteiger partial charge on any atom is -0.338 e. The number of hydrogen-bond donors (Lipinski definition) is 0. The highest BCUT2D eigenvalue weighted by Crippen LogP contribution is 2.34. The molecule has 10 heteroatoms. The molecular weight excluding hydrogens is 477 g/mol.